The Hall–Kier alpha value is -1.07. The summed E-state index contributed by atoms with van der Waals surface area (Å²) in [6.45, 7) is 1.79. The summed E-state index contributed by atoms with van der Waals surface area (Å²) in [5, 5.41) is 8.98. The monoisotopic (exact) mass is 274 g/mol. The van der Waals surface area contributed by atoms with Gasteiger partial charge in [0.05, 0.1) is 5.56 Å². The molecular weight excluding hydrogens is 264 g/mol. The molecule has 0 aliphatic heterocycles. The van der Waals surface area contributed by atoms with Crippen LogP contribution in [0.4, 0.5) is 0 Å². The predicted octanol–water partition coefficient (Wildman–Crippen LogP) is 2.44. The summed E-state index contributed by atoms with van der Waals surface area (Å²) in [7, 11) is 1.51. The van der Waals surface area contributed by atoms with Crippen molar-refractivity contribution in [2.24, 2.45) is 0 Å². The van der Waals surface area contributed by atoms with E-state index in [0.29, 0.717) is 15.8 Å². The fourth-order valence-electron chi connectivity index (χ4n) is 1.20. The Labute approximate surface area is 95.9 Å². The minimum absolute atomic E-state index is 0.0987. The van der Waals surface area contributed by atoms with Crippen LogP contribution in [0, 0.1) is 6.92 Å². The quantitative estimate of drug-likeness (QED) is 0.857. The van der Waals surface area contributed by atoms with E-state index >= 15 is 0 Å². The minimum Gasteiger partial charge on any atom is -0.478 e. The number of methoxy groups -OCH3 is 1. The molecule has 4 nitrogen and oxygen atoms in total. The van der Waals surface area contributed by atoms with E-state index in [4.69, 9.17) is 14.6 Å². The van der Waals surface area contributed by atoms with Gasteiger partial charge in [-0.1, -0.05) is 0 Å². The average Bonchev–Trinajstić information content (AvgIpc) is 2.16. The highest BCUT2D eigenvalue weighted by atomic mass is 79.9. The van der Waals surface area contributed by atoms with Crippen LogP contribution in [0.2, 0.25) is 0 Å². The van der Waals surface area contributed by atoms with Crippen molar-refractivity contribution < 1.29 is 19.4 Å². The molecule has 0 saturated heterocycles. The number of aromatic carboxylic acids is 1. The summed E-state index contributed by atoms with van der Waals surface area (Å²) in [4.78, 5) is 11.0. The first kappa shape index (κ1) is 12.0. The number of carbonyl (C=O) groups is 1. The molecule has 0 saturated carbocycles. The van der Waals surface area contributed by atoms with Crippen molar-refractivity contribution in [2.75, 3.05) is 13.9 Å². The first-order chi connectivity index (χ1) is 7.07. The van der Waals surface area contributed by atoms with Gasteiger partial charge < -0.3 is 14.6 Å². The van der Waals surface area contributed by atoms with Crippen LogP contribution in [0.5, 0.6) is 5.75 Å². The number of carboxylic acid groups (broad SMARTS) is 1. The predicted molar refractivity (Wildman–Crippen MR) is 58.3 cm³/mol. The normalized spacial score (nSPS) is 10.1. The van der Waals surface area contributed by atoms with Crippen LogP contribution >= 0.6 is 15.9 Å². The van der Waals surface area contributed by atoms with Crippen LogP contribution in [0.25, 0.3) is 0 Å². The van der Waals surface area contributed by atoms with E-state index in [-0.39, 0.29) is 12.4 Å². The summed E-state index contributed by atoms with van der Waals surface area (Å²) in [6.07, 6.45) is 0. The Kier molecular flexibility index (Phi) is 4.11. The zero-order valence-electron chi connectivity index (χ0n) is 8.41. The molecule has 1 aromatic carbocycles. The van der Waals surface area contributed by atoms with E-state index in [0.717, 1.165) is 0 Å². The number of carboxylic acids is 1. The molecule has 0 heterocycles. The second-order valence-corrected chi connectivity index (χ2v) is 3.76. The number of benzene rings is 1. The van der Waals surface area contributed by atoms with E-state index in [1.807, 2.05) is 0 Å². The molecular formula is C10H11BrO4. The Bertz CT molecular complexity index is 376. The molecule has 0 amide bonds. The lowest BCUT2D eigenvalue weighted by atomic mass is 10.1. The summed E-state index contributed by atoms with van der Waals surface area (Å²) in [5.74, 6) is -0.473. The van der Waals surface area contributed by atoms with Crippen molar-refractivity contribution in [2.45, 2.75) is 6.92 Å². The van der Waals surface area contributed by atoms with Crippen LogP contribution in [0.1, 0.15) is 15.9 Å². The third kappa shape index (κ3) is 2.70. The molecule has 1 N–H and O–H groups in total. The van der Waals surface area contributed by atoms with Gasteiger partial charge in [0.2, 0.25) is 0 Å². The highest BCUT2D eigenvalue weighted by molar-refractivity contribution is 9.10. The SMILES string of the molecule is COCOc1ccc(Br)c(C(=O)O)c1C. The van der Waals surface area contributed by atoms with Crippen LogP contribution in [-0.2, 0) is 4.74 Å². The van der Waals surface area contributed by atoms with Gasteiger partial charge in [0.1, 0.15) is 5.75 Å². The van der Waals surface area contributed by atoms with Crippen molar-refractivity contribution in [3.63, 3.8) is 0 Å². The van der Waals surface area contributed by atoms with Crippen LogP contribution < -0.4 is 4.74 Å². The molecule has 0 radical (unpaired) electrons. The molecule has 1 aromatic rings. The van der Waals surface area contributed by atoms with E-state index < -0.39 is 5.97 Å². The fraction of sp³-hybridized carbons (Fsp3) is 0.300. The molecule has 0 fully saturated rings. The topological polar surface area (TPSA) is 55.8 Å². The van der Waals surface area contributed by atoms with Gasteiger partial charge >= 0.3 is 5.97 Å². The fourth-order valence-corrected chi connectivity index (χ4v) is 1.80. The Morgan fingerprint density at radius 1 is 1.53 bits per heavy atom. The highest BCUT2D eigenvalue weighted by Gasteiger charge is 2.15. The number of hydrogen-bond donors (Lipinski definition) is 1. The average molecular weight is 275 g/mol. The van der Waals surface area contributed by atoms with Gasteiger partial charge in [0.15, 0.2) is 6.79 Å². The number of ether oxygens (including phenoxy) is 2. The van der Waals surface area contributed by atoms with E-state index in [1.54, 1.807) is 19.1 Å². The third-order valence-electron chi connectivity index (χ3n) is 1.91. The van der Waals surface area contributed by atoms with E-state index in [1.165, 1.54) is 7.11 Å². The van der Waals surface area contributed by atoms with E-state index in [9.17, 15) is 4.79 Å². The van der Waals surface area contributed by atoms with Gasteiger partial charge in [-0.05, 0) is 35.0 Å². The summed E-state index contributed by atoms with van der Waals surface area (Å²) < 4.78 is 10.5. The molecule has 1 rings (SSSR count). The highest BCUT2D eigenvalue weighted by Crippen LogP contribution is 2.28. The molecule has 5 heteroatoms. The number of halogens is 1. The van der Waals surface area contributed by atoms with Crippen molar-refractivity contribution in [3.8, 4) is 5.75 Å². The lowest BCUT2D eigenvalue weighted by molar-refractivity contribution is 0.0502. The molecule has 0 aliphatic carbocycles. The zero-order valence-corrected chi connectivity index (χ0v) is 10.00. The molecule has 0 aliphatic rings. The summed E-state index contributed by atoms with van der Waals surface area (Å²) in [6, 6.07) is 3.34. The first-order valence-corrected chi connectivity index (χ1v) is 5.01. The second-order valence-electron chi connectivity index (χ2n) is 2.90. The minimum atomic E-state index is -0.984. The van der Waals surface area contributed by atoms with Crippen molar-refractivity contribution >= 4 is 21.9 Å². The van der Waals surface area contributed by atoms with Crippen LogP contribution in [0.3, 0.4) is 0 Å². The summed E-state index contributed by atoms with van der Waals surface area (Å²) >= 11 is 3.18. The Morgan fingerprint density at radius 2 is 2.20 bits per heavy atom. The van der Waals surface area contributed by atoms with Gasteiger partial charge in [-0.15, -0.1) is 0 Å². The third-order valence-corrected chi connectivity index (χ3v) is 2.57. The zero-order chi connectivity index (χ0) is 11.4. The maximum absolute atomic E-state index is 11.0. The molecule has 0 spiro atoms. The van der Waals surface area contributed by atoms with Crippen LogP contribution in [-0.4, -0.2) is 25.0 Å². The lowest BCUT2D eigenvalue weighted by Gasteiger charge is -2.11. The van der Waals surface area contributed by atoms with Gasteiger partial charge in [0, 0.05) is 17.1 Å². The Balaban J connectivity index is 3.11. The second kappa shape index (κ2) is 5.14. The molecule has 0 aromatic heterocycles. The van der Waals surface area contributed by atoms with Crippen molar-refractivity contribution in [3.05, 3.63) is 27.7 Å². The number of hydrogen-bond acceptors (Lipinski definition) is 3. The van der Waals surface area contributed by atoms with Gasteiger partial charge in [-0.2, -0.15) is 0 Å². The largest absolute Gasteiger partial charge is 0.478 e. The van der Waals surface area contributed by atoms with Gasteiger partial charge in [-0.3, -0.25) is 0 Å². The molecule has 0 bridgehead atoms. The molecule has 0 atom stereocenters. The number of rotatable bonds is 4. The van der Waals surface area contributed by atoms with Crippen molar-refractivity contribution in [1.29, 1.82) is 0 Å². The molecule has 82 valence electrons. The first-order valence-electron chi connectivity index (χ1n) is 4.22. The Morgan fingerprint density at radius 3 is 2.73 bits per heavy atom. The van der Waals surface area contributed by atoms with Gasteiger partial charge in [-0.25, -0.2) is 4.79 Å². The standard InChI is InChI=1S/C10H11BrO4/c1-6-8(15-5-14-2)4-3-7(11)9(6)10(12)13/h3-4H,5H2,1-2H3,(H,12,13). The van der Waals surface area contributed by atoms with Crippen LogP contribution in [0.15, 0.2) is 16.6 Å². The molecule has 0 unspecified atom stereocenters. The lowest BCUT2D eigenvalue weighted by Crippen LogP contribution is -2.06. The summed E-state index contributed by atoms with van der Waals surface area (Å²) in [5.41, 5.74) is 0.789. The maximum Gasteiger partial charge on any atom is 0.337 e. The van der Waals surface area contributed by atoms with E-state index in [2.05, 4.69) is 15.9 Å². The maximum atomic E-state index is 11.0. The van der Waals surface area contributed by atoms with Crippen molar-refractivity contribution in [1.82, 2.24) is 0 Å². The molecule has 15 heavy (non-hydrogen) atoms. The smallest absolute Gasteiger partial charge is 0.337 e. The van der Waals surface area contributed by atoms with Gasteiger partial charge in [0.25, 0.3) is 0 Å².